The van der Waals surface area contributed by atoms with Gasteiger partial charge in [0, 0.05) is 11.1 Å². The Bertz CT molecular complexity index is 2170. The van der Waals surface area contributed by atoms with E-state index in [2.05, 4.69) is 0 Å². The third kappa shape index (κ3) is 8.26. The molecule has 0 saturated carbocycles. The van der Waals surface area contributed by atoms with Gasteiger partial charge in [0.1, 0.15) is 13.1 Å². The summed E-state index contributed by atoms with van der Waals surface area (Å²) in [6.45, 7) is 2.29. The van der Waals surface area contributed by atoms with Gasteiger partial charge in [0.2, 0.25) is 29.5 Å². The molecule has 0 aliphatic rings. The van der Waals surface area contributed by atoms with Crippen LogP contribution < -0.4 is 0 Å². The fourth-order valence-corrected chi connectivity index (χ4v) is 9.68. The van der Waals surface area contributed by atoms with Crippen LogP contribution in [-0.4, -0.2) is 85.3 Å². The molecule has 0 saturated heterocycles. The van der Waals surface area contributed by atoms with Crippen molar-refractivity contribution in [1.29, 1.82) is 0 Å². The second kappa shape index (κ2) is 13.0. The fraction of sp³-hybridized carbons (Fsp3) is 0.273. The van der Waals surface area contributed by atoms with Gasteiger partial charge >= 0.3 is 0 Å². The summed E-state index contributed by atoms with van der Waals surface area (Å²) in [7, 11) is -1.12. The van der Waals surface area contributed by atoms with Gasteiger partial charge in [0.15, 0.2) is 11.1 Å². The first kappa shape index (κ1) is 36.6. The standard InChI is InChI=1S/C33H39N2O8S4/c1-24-8-10-27(11-9-24)45(38,39)28-12-14-29(15-13-28)47(42,43)33-19-17-31(21-26(33)23-35(5,6)7)46(40,41)30-16-18-32(44(36)37)25(20-30)22-34(2,3)4/h8-21H,22-23H2,1-7H3/q+1/p+1. The average molecular weight is 721 g/mol. The minimum absolute atomic E-state index is 0.0611. The summed E-state index contributed by atoms with van der Waals surface area (Å²) in [6.07, 6.45) is 0. The molecule has 0 radical (unpaired) electrons. The molecule has 0 aliphatic heterocycles. The molecule has 1 atom stereocenters. The van der Waals surface area contributed by atoms with Gasteiger partial charge in [-0.05, 0) is 79.7 Å². The molecule has 0 aliphatic carbocycles. The summed E-state index contributed by atoms with van der Waals surface area (Å²) < 4.78 is 104. The van der Waals surface area contributed by atoms with Crippen LogP contribution in [0.3, 0.4) is 0 Å². The first-order valence-electron chi connectivity index (χ1n) is 14.4. The number of nitrogens with zero attached hydrogens (tertiary/aromatic N) is 2. The highest BCUT2D eigenvalue weighted by atomic mass is 32.2. The maximum Gasteiger partial charge on any atom is 0.207 e. The number of quaternary nitrogens is 2. The molecule has 1 unspecified atom stereocenters. The molecular formula is C33H40N2O8S4+2. The highest BCUT2D eigenvalue weighted by Crippen LogP contribution is 2.32. The summed E-state index contributed by atoms with van der Waals surface area (Å²) in [5.41, 5.74) is 1.56. The zero-order valence-corrected chi connectivity index (χ0v) is 30.6. The van der Waals surface area contributed by atoms with E-state index in [1.165, 1.54) is 72.8 Å². The zero-order chi connectivity index (χ0) is 35.2. The van der Waals surface area contributed by atoms with Crippen molar-refractivity contribution in [3.8, 4) is 0 Å². The van der Waals surface area contributed by atoms with Gasteiger partial charge in [-0.2, -0.15) is 0 Å². The molecule has 0 fully saturated rings. The lowest BCUT2D eigenvalue weighted by Crippen LogP contribution is -2.34. The molecule has 0 heterocycles. The molecule has 252 valence electrons. The molecule has 10 nitrogen and oxygen atoms in total. The smallest absolute Gasteiger partial charge is 0.207 e. The average Bonchev–Trinajstić information content (AvgIpc) is 2.95. The molecule has 0 aromatic heterocycles. The van der Waals surface area contributed by atoms with Gasteiger partial charge in [-0.3, -0.25) is 0 Å². The Kier molecular flexibility index (Phi) is 10.1. The number of hydrogen-bond donors (Lipinski definition) is 1. The van der Waals surface area contributed by atoms with E-state index in [1.807, 2.05) is 49.2 Å². The van der Waals surface area contributed by atoms with Crippen LogP contribution in [0.15, 0.2) is 119 Å². The van der Waals surface area contributed by atoms with Crippen LogP contribution in [0.2, 0.25) is 0 Å². The van der Waals surface area contributed by atoms with Gasteiger partial charge in [-0.25, -0.2) is 29.5 Å². The highest BCUT2D eigenvalue weighted by Gasteiger charge is 2.29. The third-order valence-electron chi connectivity index (χ3n) is 7.23. The number of hydrogen-bond acceptors (Lipinski definition) is 7. The number of aryl methyl sites for hydroxylation is 1. The van der Waals surface area contributed by atoms with Crippen molar-refractivity contribution in [2.75, 3.05) is 42.3 Å². The molecule has 0 bridgehead atoms. The topological polar surface area (TPSA) is 140 Å². The van der Waals surface area contributed by atoms with E-state index in [0.717, 1.165) is 5.56 Å². The largest absolute Gasteiger partial charge is 0.327 e. The molecule has 4 aromatic carbocycles. The summed E-state index contributed by atoms with van der Waals surface area (Å²) in [6, 6.07) is 19.1. The van der Waals surface area contributed by atoms with E-state index < -0.39 is 40.6 Å². The lowest BCUT2D eigenvalue weighted by Gasteiger charge is -2.26. The first-order valence-corrected chi connectivity index (χ1v) is 20.0. The van der Waals surface area contributed by atoms with Crippen LogP contribution >= 0.6 is 0 Å². The van der Waals surface area contributed by atoms with Crippen LogP contribution in [0.25, 0.3) is 0 Å². The highest BCUT2D eigenvalue weighted by molar-refractivity contribution is 7.92. The van der Waals surface area contributed by atoms with Crippen molar-refractivity contribution in [2.45, 2.75) is 54.3 Å². The maximum absolute atomic E-state index is 14.0. The van der Waals surface area contributed by atoms with Crippen LogP contribution in [-0.2, 0) is 53.7 Å². The first-order chi connectivity index (χ1) is 21.5. The Labute approximate surface area is 280 Å². The molecule has 0 spiro atoms. The van der Waals surface area contributed by atoms with E-state index in [4.69, 9.17) is 0 Å². The van der Waals surface area contributed by atoms with Gasteiger partial charge < -0.3 is 13.5 Å². The fourth-order valence-electron chi connectivity index (χ4n) is 5.06. The Balaban J connectivity index is 1.79. The van der Waals surface area contributed by atoms with E-state index in [-0.39, 0.29) is 50.9 Å². The van der Waals surface area contributed by atoms with Crippen molar-refractivity contribution in [3.05, 3.63) is 102 Å². The monoisotopic (exact) mass is 720 g/mol. The van der Waals surface area contributed by atoms with E-state index in [0.29, 0.717) is 16.6 Å². The molecule has 1 N–H and O–H groups in total. The second-order valence-electron chi connectivity index (χ2n) is 13.5. The molecular weight excluding hydrogens is 681 g/mol. The molecule has 4 aromatic rings. The summed E-state index contributed by atoms with van der Waals surface area (Å²) >= 11 is -2.33. The predicted molar refractivity (Wildman–Crippen MR) is 179 cm³/mol. The van der Waals surface area contributed by atoms with Crippen molar-refractivity contribution >= 4 is 40.6 Å². The van der Waals surface area contributed by atoms with Crippen molar-refractivity contribution in [1.82, 2.24) is 0 Å². The predicted octanol–water partition coefficient (Wildman–Crippen LogP) is 4.49. The Morgan fingerprint density at radius 2 is 0.894 bits per heavy atom. The zero-order valence-electron chi connectivity index (χ0n) is 27.3. The Morgan fingerprint density at radius 1 is 0.532 bits per heavy atom. The third-order valence-corrected chi connectivity index (χ3v) is 13.4. The molecule has 4 rings (SSSR count). The molecule has 47 heavy (non-hydrogen) atoms. The van der Waals surface area contributed by atoms with Gasteiger partial charge in [-0.1, -0.05) is 17.7 Å². The van der Waals surface area contributed by atoms with Gasteiger partial charge in [-0.15, -0.1) is 0 Å². The van der Waals surface area contributed by atoms with E-state index in [9.17, 15) is 34.0 Å². The Morgan fingerprint density at radius 3 is 1.36 bits per heavy atom. The summed E-state index contributed by atoms with van der Waals surface area (Å²) in [5, 5.41) is 0. The minimum Gasteiger partial charge on any atom is -0.327 e. The normalized spacial score (nSPS) is 13.8. The number of rotatable bonds is 11. The maximum atomic E-state index is 14.0. The van der Waals surface area contributed by atoms with Crippen LogP contribution in [0.4, 0.5) is 0 Å². The van der Waals surface area contributed by atoms with Crippen molar-refractivity contribution < 1.29 is 43.0 Å². The molecule has 0 amide bonds. The number of sulfone groups is 3. The van der Waals surface area contributed by atoms with Crippen LogP contribution in [0, 0.1) is 6.92 Å². The van der Waals surface area contributed by atoms with Gasteiger partial charge in [0.05, 0.1) is 76.6 Å². The SMILES string of the molecule is Cc1ccc(S(=O)(=O)c2ccc(S(=O)(=O)c3ccc(S(=O)(=O)c4ccc(S(=O)O)c(C[N+](C)(C)C)c4)cc3C[N+](C)(C)C)cc2)cc1. The van der Waals surface area contributed by atoms with Crippen LogP contribution in [0.5, 0.6) is 0 Å². The van der Waals surface area contributed by atoms with E-state index >= 15 is 0 Å². The summed E-state index contributed by atoms with van der Waals surface area (Å²) in [4.78, 5) is -0.326. The lowest BCUT2D eigenvalue weighted by atomic mass is 10.2. The molecule has 14 heteroatoms. The minimum atomic E-state index is -4.21. The van der Waals surface area contributed by atoms with Gasteiger partial charge in [0.25, 0.3) is 0 Å². The van der Waals surface area contributed by atoms with Crippen molar-refractivity contribution in [3.63, 3.8) is 0 Å². The van der Waals surface area contributed by atoms with Crippen LogP contribution in [0.1, 0.15) is 16.7 Å². The van der Waals surface area contributed by atoms with Crippen molar-refractivity contribution in [2.24, 2.45) is 0 Å². The quantitative estimate of drug-likeness (QED) is 0.177. The second-order valence-corrected chi connectivity index (χ2v) is 20.2. The summed E-state index contributed by atoms with van der Waals surface area (Å²) in [5.74, 6) is 0. The lowest BCUT2D eigenvalue weighted by molar-refractivity contribution is -0.884. The Hall–Kier alpha value is -3.24. The van der Waals surface area contributed by atoms with E-state index in [1.54, 1.807) is 12.1 Å². The number of benzene rings is 4.